The summed E-state index contributed by atoms with van der Waals surface area (Å²) in [4.78, 5) is 0. The van der Waals surface area contributed by atoms with E-state index in [9.17, 15) is 17.6 Å². The van der Waals surface area contributed by atoms with E-state index in [1.165, 1.54) is 7.05 Å². The molecule has 0 radical (unpaired) electrons. The second-order valence-electron chi connectivity index (χ2n) is 2.51. The molecular weight excluding hydrogens is 190 g/mol. The first-order valence-electron chi connectivity index (χ1n) is 3.32. The Morgan fingerprint density at radius 1 is 1.54 bits per heavy atom. The number of nitrogens with two attached hydrogens (primary N) is 1. The number of nitrogen functional groups attached to an aromatic ring is 1. The normalized spacial score (nSPS) is 14.5. The number of aromatic nitrogens is 2. The summed E-state index contributed by atoms with van der Waals surface area (Å²) >= 11 is 0. The molecule has 0 spiro atoms. The first-order valence-corrected chi connectivity index (χ1v) is 3.32. The number of hydrogen-bond donors (Lipinski definition) is 1. The molecule has 0 amide bonds. The van der Waals surface area contributed by atoms with Crippen LogP contribution in [0.2, 0.25) is 0 Å². The molecule has 1 heterocycles. The Labute approximate surface area is 71.1 Å². The van der Waals surface area contributed by atoms with E-state index in [1.54, 1.807) is 0 Å². The van der Waals surface area contributed by atoms with Crippen molar-refractivity contribution in [2.45, 2.75) is 12.3 Å². The molecule has 0 saturated carbocycles. The zero-order valence-corrected chi connectivity index (χ0v) is 6.64. The Morgan fingerprint density at radius 3 is 2.38 bits per heavy atom. The Kier molecular flexibility index (Phi) is 2.19. The van der Waals surface area contributed by atoms with E-state index in [0.29, 0.717) is 0 Å². The van der Waals surface area contributed by atoms with Gasteiger partial charge in [-0.15, -0.1) is 0 Å². The van der Waals surface area contributed by atoms with Gasteiger partial charge in [0.15, 0.2) is 0 Å². The summed E-state index contributed by atoms with van der Waals surface area (Å²) in [5, 5.41) is 3.40. The molecule has 2 N–H and O–H groups in total. The number of rotatable bonds is 1. The molecule has 0 bridgehead atoms. The van der Waals surface area contributed by atoms with E-state index in [-0.39, 0.29) is 5.69 Å². The minimum atomic E-state index is -4.94. The molecule has 74 valence electrons. The molecule has 1 aromatic rings. The fourth-order valence-corrected chi connectivity index (χ4v) is 0.929. The highest BCUT2D eigenvalue weighted by molar-refractivity contribution is 5.42. The minimum Gasteiger partial charge on any atom is -0.396 e. The highest BCUT2D eigenvalue weighted by atomic mass is 19.4. The standard InChI is InChI=1S/C6H7F4N3/c1-13-4(3(11)2-12-13)5(7)6(8,9)10/h2,5H,11H2,1H3. The van der Waals surface area contributed by atoms with Crippen LogP contribution in [0.1, 0.15) is 11.9 Å². The highest BCUT2D eigenvalue weighted by Gasteiger charge is 2.44. The third-order valence-electron chi connectivity index (χ3n) is 1.54. The molecule has 1 unspecified atom stereocenters. The molecule has 13 heavy (non-hydrogen) atoms. The van der Waals surface area contributed by atoms with Crippen LogP contribution in [0, 0.1) is 0 Å². The Bertz CT molecular complexity index is 284. The van der Waals surface area contributed by atoms with Gasteiger partial charge in [0, 0.05) is 7.05 Å². The van der Waals surface area contributed by atoms with Crippen LogP contribution in [-0.4, -0.2) is 16.0 Å². The van der Waals surface area contributed by atoms with Crippen molar-refractivity contribution in [2.24, 2.45) is 7.05 Å². The smallest absolute Gasteiger partial charge is 0.396 e. The van der Waals surface area contributed by atoms with Crippen molar-refractivity contribution in [3.8, 4) is 0 Å². The predicted octanol–water partition coefficient (Wildman–Crippen LogP) is 1.58. The van der Waals surface area contributed by atoms with E-state index < -0.39 is 18.0 Å². The van der Waals surface area contributed by atoms with Crippen molar-refractivity contribution in [1.82, 2.24) is 9.78 Å². The van der Waals surface area contributed by atoms with Crippen LogP contribution < -0.4 is 5.73 Å². The van der Waals surface area contributed by atoms with Gasteiger partial charge >= 0.3 is 6.18 Å². The summed E-state index contributed by atoms with van der Waals surface area (Å²) in [6.45, 7) is 0. The molecule has 0 fully saturated rings. The van der Waals surface area contributed by atoms with Crippen LogP contribution in [0.5, 0.6) is 0 Å². The molecule has 7 heteroatoms. The molecule has 0 aromatic carbocycles. The number of anilines is 1. The summed E-state index contributed by atoms with van der Waals surface area (Å²) in [5.41, 5.74) is 4.16. The zero-order chi connectivity index (χ0) is 10.2. The first-order chi connectivity index (χ1) is 5.84. The zero-order valence-electron chi connectivity index (χ0n) is 6.64. The van der Waals surface area contributed by atoms with Gasteiger partial charge in [0.1, 0.15) is 5.69 Å². The summed E-state index contributed by atoms with van der Waals surface area (Å²) in [7, 11) is 1.20. The second kappa shape index (κ2) is 2.90. The van der Waals surface area contributed by atoms with Crippen molar-refractivity contribution in [3.63, 3.8) is 0 Å². The molecular formula is C6H7F4N3. The topological polar surface area (TPSA) is 43.8 Å². The lowest BCUT2D eigenvalue weighted by Crippen LogP contribution is -2.20. The fraction of sp³-hybridized carbons (Fsp3) is 0.500. The van der Waals surface area contributed by atoms with E-state index in [2.05, 4.69) is 5.10 Å². The SMILES string of the molecule is Cn1ncc(N)c1C(F)C(F)(F)F. The number of hydrogen-bond acceptors (Lipinski definition) is 2. The highest BCUT2D eigenvalue weighted by Crippen LogP contribution is 2.37. The van der Waals surface area contributed by atoms with Gasteiger partial charge in [0.05, 0.1) is 11.9 Å². The van der Waals surface area contributed by atoms with Crippen molar-refractivity contribution in [1.29, 1.82) is 0 Å². The number of halogens is 4. The van der Waals surface area contributed by atoms with Gasteiger partial charge in [-0.1, -0.05) is 0 Å². The molecule has 0 aliphatic heterocycles. The maximum atomic E-state index is 12.7. The van der Waals surface area contributed by atoms with E-state index in [0.717, 1.165) is 10.9 Å². The third-order valence-corrected chi connectivity index (χ3v) is 1.54. The van der Waals surface area contributed by atoms with Gasteiger partial charge in [-0.3, -0.25) is 4.68 Å². The third kappa shape index (κ3) is 1.73. The van der Waals surface area contributed by atoms with Crippen LogP contribution in [0.3, 0.4) is 0 Å². The van der Waals surface area contributed by atoms with E-state index >= 15 is 0 Å². The maximum Gasteiger partial charge on any atom is 0.425 e. The van der Waals surface area contributed by atoms with Crippen molar-refractivity contribution >= 4 is 5.69 Å². The lowest BCUT2D eigenvalue weighted by Gasteiger charge is -2.12. The van der Waals surface area contributed by atoms with Crippen molar-refractivity contribution in [3.05, 3.63) is 11.9 Å². The monoisotopic (exact) mass is 197 g/mol. The summed E-state index contributed by atoms with van der Waals surface area (Å²) in [5.74, 6) is 0. The van der Waals surface area contributed by atoms with E-state index in [4.69, 9.17) is 5.73 Å². The van der Waals surface area contributed by atoms with Crippen LogP contribution in [0.15, 0.2) is 6.20 Å². The average Bonchev–Trinajstić information content (AvgIpc) is 2.28. The van der Waals surface area contributed by atoms with Crippen LogP contribution in [0.25, 0.3) is 0 Å². The first kappa shape index (κ1) is 9.82. The van der Waals surface area contributed by atoms with Crippen molar-refractivity contribution in [2.75, 3.05) is 5.73 Å². The van der Waals surface area contributed by atoms with Gasteiger partial charge in [-0.2, -0.15) is 18.3 Å². The lowest BCUT2D eigenvalue weighted by atomic mass is 10.2. The Hall–Kier alpha value is -1.27. The van der Waals surface area contributed by atoms with Gasteiger partial charge < -0.3 is 5.73 Å². The Balaban J connectivity index is 3.08. The van der Waals surface area contributed by atoms with Gasteiger partial charge in [0.2, 0.25) is 6.17 Å². The molecule has 0 aliphatic carbocycles. The second-order valence-corrected chi connectivity index (χ2v) is 2.51. The molecule has 1 rings (SSSR count). The summed E-state index contributed by atoms with van der Waals surface area (Å²) in [6.07, 6.45) is -7.05. The number of nitrogens with zero attached hydrogens (tertiary/aromatic N) is 2. The van der Waals surface area contributed by atoms with Gasteiger partial charge in [-0.25, -0.2) is 4.39 Å². The van der Waals surface area contributed by atoms with Crippen LogP contribution >= 0.6 is 0 Å². The largest absolute Gasteiger partial charge is 0.425 e. The number of aryl methyl sites for hydroxylation is 1. The van der Waals surface area contributed by atoms with E-state index in [1.807, 2.05) is 0 Å². The van der Waals surface area contributed by atoms with Gasteiger partial charge in [0.25, 0.3) is 0 Å². The lowest BCUT2D eigenvalue weighted by molar-refractivity contribution is -0.184. The van der Waals surface area contributed by atoms with Crippen molar-refractivity contribution < 1.29 is 17.6 Å². The fourth-order valence-electron chi connectivity index (χ4n) is 0.929. The van der Waals surface area contributed by atoms with Gasteiger partial charge in [-0.05, 0) is 0 Å². The molecule has 3 nitrogen and oxygen atoms in total. The van der Waals surface area contributed by atoms with Crippen LogP contribution in [-0.2, 0) is 7.05 Å². The predicted molar refractivity (Wildman–Crippen MR) is 37.5 cm³/mol. The molecule has 0 saturated heterocycles. The number of alkyl halides is 4. The van der Waals surface area contributed by atoms with Crippen LogP contribution in [0.4, 0.5) is 23.2 Å². The average molecular weight is 197 g/mol. The quantitative estimate of drug-likeness (QED) is 0.694. The maximum absolute atomic E-state index is 12.7. The summed E-state index contributed by atoms with van der Waals surface area (Å²) in [6, 6.07) is 0. The molecule has 1 atom stereocenters. The minimum absolute atomic E-state index is 0.299. The molecule has 0 aliphatic rings. The Morgan fingerprint density at radius 2 is 2.08 bits per heavy atom. The molecule has 1 aromatic heterocycles. The summed E-state index contributed by atoms with van der Waals surface area (Å²) < 4.78 is 49.2.